The summed E-state index contributed by atoms with van der Waals surface area (Å²) in [5.74, 6) is -0.866. The largest absolute Gasteiger partial charge is 0.461 e. The zero-order valence-electron chi connectivity index (χ0n) is 9.68. The molecule has 0 spiro atoms. The summed E-state index contributed by atoms with van der Waals surface area (Å²) in [6.45, 7) is 1.69. The van der Waals surface area contributed by atoms with E-state index in [2.05, 4.69) is 15.2 Å². The summed E-state index contributed by atoms with van der Waals surface area (Å²) in [6, 6.07) is 0. The Kier molecular flexibility index (Phi) is 3.59. The maximum Gasteiger partial charge on any atom is 0.360 e. The molecule has 0 fully saturated rings. The molecule has 0 aliphatic rings. The average molecular weight is 303 g/mol. The lowest BCUT2D eigenvalue weighted by Crippen LogP contribution is -2.20. The minimum atomic E-state index is -4.17. The van der Waals surface area contributed by atoms with Crippen LogP contribution in [0, 0.1) is 0 Å². The molecular formula is C8H9N5O4S2. The summed E-state index contributed by atoms with van der Waals surface area (Å²) >= 11 is 1.07. The lowest BCUT2D eigenvalue weighted by atomic mass is 10.5. The van der Waals surface area contributed by atoms with Gasteiger partial charge in [0.15, 0.2) is 10.7 Å². The number of nitrogens with two attached hydrogens (primary N) is 1. The highest BCUT2D eigenvalue weighted by atomic mass is 32.2. The number of primary sulfonamides is 1. The number of carbonyl (C=O) groups excluding carboxylic acids is 1. The second-order valence-electron chi connectivity index (χ2n) is 3.26. The number of hydrogen-bond donors (Lipinski definition) is 1. The van der Waals surface area contributed by atoms with E-state index in [1.165, 1.54) is 5.51 Å². The Bertz CT molecular complexity index is 691. The molecule has 2 N–H and O–H groups in total. The van der Waals surface area contributed by atoms with Crippen molar-refractivity contribution in [3.05, 3.63) is 17.5 Å². The van der Waals surface area contributed by atoms with Crippen molar-refractivity contribution in [3.63, 3.8) is 0 Å². The first kappa shape index (κ1) is 13.6. The van der Waals surface area contributed by atoms with Crippen molar-refractivity contribution in [2.24, 2.45) is 5.14 Å². The summed E-state index contributed by atoms with van der Waals surface area (Å²) in [5.41, 5.74) is 1.03. The van der Waals surface area contributed by atoms with Gasteiger partial charge in [-0.15, -0.1) is 10.2 Å². The Labute approximate surface area is 112 Å². The molecule has 0 saturated carbocycles. The molecule has 102 valence electrons. The minimum Gasteiger partial charge on any atom is -0.461 e. The quantitative estimate of drug-likeness (QED) is 0.757. The zero-order chi connectivity index (χ0) is 14.0. The third kappa shape index (κ3) is 2.62. The standard InChI is InChI=1S/C8H9N5O4S2/c1-2-17-7(14)5-6(19(9,15)16)13(3-10-5)8-12-11-4-18-8/h3-4H,2H2,1H3,(H2,9,15,16). The molecule has 2 rings (SSSR count). The van der Waals surface area contributed by atoms with E-state index in [4.69, 9.17) is 9.88 Å². The van der Waals surface area contributed by atoms with Gasteiger partial charge in [0.2, 0.25) is 5.13 Å². The summed E-state index contributed by atoms with van der Waals surface area (Å²) in [6.07, 6.45) is 1.13. The maximum atomic E-state index is 11.6. The van der Waals surface area contributed by atoms with Crippen LogP contribution in [0.4, 0.5) is 0 Å². The molecule has 0 aliphatic carbocycles. The highest BCUT2D eigenvalue weighted by molar-refractivity contribution is 7.89. The molecule has 0 bridgehead atoms. The molecule has 9 nitrogen and oxygen atoms in total. The van der Waals surface area contributed by atoms with Gasteiger partial charge in [-0.3, -0.25) is 4.57 Å². The normalized spacial score (nSPS) is 11.5. The maximum absolute atomic E-state index is 11.6. The van der Waals surface area contributed by atoms with Crippen molar-refractivity contribution in [1.82, 2.24) is 19.7 Å². The number of esters is 1. The number of rotatable bonds is 4. The monoisotopic (exact) mass is 303 g/mol. The lowest BCUT2D eigenvalue weighted by molar-refractivity contribution is 0.0515. The van der Waals surface area contributed by atoms with Crippen LogP contribution >= 0.6 is 11.3 Å². The molecule has 0 atom stereocenters. The second-order valence-corrected chi connectivity index (χ2v) is 5.54. The molecule has 19 heavy (non-hydrogen) atoms. The summed E-state index contributed by atoms with van der Waals surface area (Å²) in [4.78, 5) is 15.4. The van der Waals surface area contributed by atoms with Crippen LogP contribution in [0.15, 0.2) is 16.9 Å². The van der Waals surface area contributed by atoms with Crippen molar-refractivity contribution >= 4 is 27.3 Å². The third-order valence-electron chi connectivity index (χ3n) is 2.02. The summed E-state index contributed by atoms with van der Waals surface area (Å²) in [5, 5.41) is 12.1. The number of aromatic nitrogens is 4. The Hall–Kier alpha value is -1.85. The van der Waals surface area contributed by atoms with Gasteiger partial charge < -0.3 is 4.74 Å². The predicted molar refractivity (Wildman–Crippen MR) is 64.4 cm³/mol. The van der Waals surface area contributed by atoms with E-state index in [1.807, 2.05) is 0 Å². The highest BCUT2D eigenvalue weighted by Crippen LogP contribution is 2.20. The Morgan fingerprint density at radius 1 is 1.58 bits per heavy atom. The third-order valence-corrected chi connectivity index (χ3v) is 3.63. The molecule has 0 amide bonds. The van der Waals surface area contributed by atoms with E-state index in [-0.39, 0.29) is 17.4 Å². The first-order chi connectivity index (χ1) is 8.95. The van der Waals surface area contributed by atoms with Gasteiger partial charge in [0, 0.05) is 0 Å². The predicted octanol–water partition coefficient (Wildman–Crippen LogP) is -0.452. The van der Waals surface area contributed by atoms with E-state index in [1.54, 1.807) is 6.92 Å². The van der Waals surface area contributed by atoms with Gasteiger partial charge in [-0.1, -0.05) is 11.3 Å². The Balaban J connectivity index is 2.62. The molecule has 0 aromatic carbocycles. The number of sulfonamides is 1. The molecule has 2 aromatic rings. The number of nitrogens with zero attached hydrogens (tertiary/aromatic N) is 4. The van der Waals surface area contributed by atoms with Crippen molar-refractivity contribution < 1.29 is 17.9 Å². The van der Waals surface area contributed by atoms with Crippen LogP contribution in [-0.4, -0.2) is 40.7 Å². The van der Waals surface area contributed by atoms with Gasteiger partial charge in [0.25, 0.3) is 10.0 Å². The van der Waals surface area contributed by atoms with Crippen molar-refractivity contribution in [3.8, 4) is 5.13 Å². The fourth-order valence-electron chi connectivity index (χ4n) is 1.36. The van der Waals surface area contributed by atoms with E-state index in [0.29, 0.717) is 0 Å². The summed E-state index contributed by atoms with van der Waals surface area (Å²) in [7, 11) is -4.17. The molecule has 0 aliphatic heterocycles. The van der Waals surface area contributed by atoms with Crippen molar-refractivity contribution in [2.75, 3.05) is 6.61 Å². The van der Waals surface area contributed by atoms with Crippen molar-refractivity contribution in [1.29, 1.82) is 0 Å². The Morgan fingerprint density at radius 2 is 2.32 bits per heavy atom. The van der Waals surface area contributed by atoms with Crippen LogP contribution in [0.25, 0.3) is 5.13 Å². The van der Waals surface area contributed by atoms with Crippen molar-refractivity contribution in [2.45, 2.75) is 11.9 Å². The summed E-state index contributed by atoms with van der Waals surface area (Å²) < 4.78 is 29.0. The molecule has 11 heteroatoms. The van der Waals surface area contributed by atoms with Gasteiger partial charge in [-0.2, -0.15) is 0 Å². The van der Waals surface area contributed by atoms with Crippen LogP contribution in [0.2, 0.25) is 0 Å². The average Bonchev–Trinajstić information content (AvgIpc) is 2.97. The smallest absolute Gasteiger partial charge is 0.360 e. The van der Waals surface area contributed by atoms with Gasteiger partial charge in [-0.25, -0.2) is 23.3 Å². The second kappa shape index (κ2) is 5.03. The molecule has 2 heterocycles. The number of hydrogen-bond acceptors (Lipinski definition) is 8. The molecular weight excluding hydrogens is 294 g/mol. The molecule has 0 unspecified atom stereocenters. The van der Waals surface area contributed by atoms with E-state index in [9.17, 15) is 13.2 Å². The minimum absolute atomic E-state index is 0.0918. The fraction of sp³-hybridized carbons (Fsp3) is 0.250. The van der Waals surface area contributed by atoms with Crippen LogP contribution in [0.1, 0.15) is 17.4 Å². The van der Waals surface area contributed by atoms with Crippen LogP contribution in [-0.2, 0) is 14.8 Å². The fourth-order valence-corrected chi connectivity index (χ4v) is 2.76. The van der Waals surface area contributed by atoms with Gasteiger partial charge in [0.1, 0.15) is 11.8 Å². The Morgan fingerprint density at radius 3 is 2.84 bits per heavy atom. The van der Waals surface area contributed by atoms with Gasteiger partial charge in [0.05, 0.1) is 6.61 Å². The van der Waals surface area contributed by atoms with E-state index >= 15 is 0 Å². The number of imidazole rings is 1. The topological polar surface area (TPSA) is 130 Å². The first-order valence-electron chi connectivity index (χ1n) is 4.99. The number of ether oxygens (including phenoxy) is 1. The van der Waals surface area contributed by atoms with Gasteiger partial charge in [-0.05, 0) is 6.92 Å². The van der Waals surface area contributed by atoms with E-state index in [0.717, 1.165) is 22.2 Å². The molecule has 0 saturated heterocycles. The van der Waals surface area contributed by atoms with Gasteiger partial charge >= 0.3 is 5.97 Å². The van der Waals surface area contributed by atoms with E-state index < -0.39 is 21.0 Å². The molecule has 0 radical (unpaired) electrons. The highest BCUT2D eigenvalue weighted by Gasteiger charge is 2.28. The first-order valence-corrected chi connectivity index (χ1v) is 7.41. The van der Waals surface area contributed by atoms with Crippen LogP contribution in [0.5, 0.6) is 0 Å². The van der Waals surface area contributed by atoms with Crippen LogP contribution < -0.4 is 5.14 Å². The van der Waals surface area contributed by atoms with Crippen LogP contribution in [0.3, 0.4) is 0 Å². The SMILES string of the molecule is CCOC(=O)c1ncn(-c2nncs2)c1S(N)(=O)=O. The molecule has 2 aromatic heterocycles. The zero-order valence-corrected chi connectivity index (χ0v) is 11.3. The lowest BCUT2D eigenvalue weighted by Gasteiger charge is -2.04. The number of carbonyl (C=O) groups is 1.